The minimum atomic E-state index is 0.615. The van der Waals surface area contributed by atoms with Crippen LogP contribution in [0.4, 0.5) is 0 Å². The van der Waals surface area contributed by atoms with E-state index in [1.54, 1.807) is 6.11 Å². The van der Waals surface area contributed by atoms with Crippen LogP contribution >= 0.6 is 22.6 Å². The van der Waals surface area contributed by atoms with E-state index in [2.05, 4.69) is 83.3 Å². The van der Waals surface area contributed by atoms with Crippen molar-refractivity contribution in [1.82, 2.24) is 0 Å². The number of benzene rings is 3. The number of halogens is 1. The molecule has 2 nitrogen and oxygen atoms in total. The molecule has 3 aromatic carbocycles. The average Bonchev–Trinajstić information content (AvgIpc) is 2.72. The number of allylic oxidation sites excluding steroid dienone is 2. The molecule has 3 heteroatoms. The fraction of sp³-hybridized carbons (Fsp3) is 0.0833. The molecule has 3 rings (SSSR count). The van der Waals surface area contributed by atoms with Crippen LogP contribution in [0, 0.1) is 15.8 Å². The van der Waals surface area contributed by atoms with Crippen LogP contribution < -0.4 is 4.74 Å². The molecule has 0 heterocycles. The molecule has 0 fully saturated rings. The van der Waals surface area contributed by atoms with E-state index in [4.69, 9.17) is 9.84 Å². The Hall–Kier alpha value is -2.71. The van der Waals surface area contributed by atoms with Gasteiger partial charge in [-0.05, 0) is 82.0 Å². The molecule has 0 aromatic heterocycles. The van der Waals surface area contributed by atoms with Crippen LogP contribution in [0.3, 0.4) is 0 Å². The maximum Gasteiger partial charge on any atom is 0.160 e. The quantitative estimate of drug-likeness (QED) is 0.366. The van der Waals surface area contributed by atoms with Gasteiger partial charge in [-0.2, -0.15) is 0 Å². The Bertz CT molecular complexity index is 947. The van der Waals surface area contributed by atoms with Gasteiger partial charge >= 0.3 is 0 Å². The third-order valence-corrected chi connectivity index (χ3v) is 4.89. The highest BCUT2D eigenvalue weighted by molar-refractivity contribution is 14.1. The summed E-state index contributed by atoms with van der Waals surface area (Å²) in [7, 11) is 0. The Morgan fingerprint density at radius 1 is 0.889 bits per heavy atom. The van der Waals surface area contributed by atoms with Crippen LogP contribution in [-0.2, 0) is 12.8 Å². The highest BCUT2D eigenvalue weighted by Gasteiger charge is 2.04. The molecule has 0 saturated heterocycles. The lowest BCUT2D eigenvalue weighted by Crippen LogP contribution is -1.93. The lowest BCUT2D eigenvalue weighted by molar-refractivity contribution is 0.475. The molecule has 0 aliphatic carbocycles. The number of aliphatic hydroxyl groups excluding tert-OH is 1. The zero-order chi connectivity index (χ0) is 18.9. The van der Waals surface area contributed by atoms with Crippen LogP contribution in [0.5, 0.6) is 5.75 Å². The van der Waals surface area contributed by atoms with E-state index in [1.165, 1.54) is 25.8 Å². The maximum atomic E-state index is 8.50. The van der Waals surface area contributed by atoms with Crippen molar-refractivity contribution in [3.63, 3.8) is 0 Å². The van der Waals surface area contributed by atoms with E-state index in [9.17, 15) is 0 Å². The lowest BCUT2D eigenvalue weighted by atomic mass is 9.96. The zero-order valence-corrected chi connectivity index (χ0v) is 16.9. The Balaban J connectivity index is 1.80. The second-order valence-corrected chi connectivity index (χ2v) is 7.31. The van der Waals surface area contributed by atoms with Crippen molar-refractivity contribution in [2.45, 2.75) is 12.8 Å². The molecule has 134 valence electrons. The number of aliphatic hydroxyl groups is 1. The van der Waals surface area contributed by atoms with Gasteiger partial charge < -0.3 is 9.84 Å². The molecule has 0 spiro atoms. The van der Waals surface area contributed by atoms with Gasteiger partial charge in [0.25, 0.3) is 0 Å². The lowest BCUT2D eigenvalue weighted by Gasteiger charge is -2.10. The van der Waals surface area contributed by atoms with E-state index < -0.39 is 0 Å². The Labute approximate surface area is 173 Å². The van der Waals surface area contributed by atoms with Crippen LogP contribution in [0.25, 0.3) is 5.57 Å². The van der Waals surface area contributed by atoms with Gasteiger partial charge in [0.1, 0.15) is 5.75 Å². The fourth-order valence-electron chi connectivity index (χ4n) is 2.78. The molecule has 0 saturated carbocycles. The highest BCUT2D eigenvalue weighted by Crippen LogP contribution is 2.22. The van der Waals surface area contributed by atoms with Crippen LogP contribution in [-0.4, -0.2) is 5.11 Å². The van der Waals surface area contributed by atoms with E-state index in [-0.39, 0.29) is 0 Å². The third-order valence-electron chi connectivity index (χ3n) is 4.17. The van der Waals surface area contributed by atoms with E-state index in [0.29, 0.717) is 5.75 Å². The van der Waals surface area contributed by atoms with Crippen molar-refractivity contribution in [2.24, 2.45) is 0 Å². The first-order valence-corrected chi connectivity index (χ1v) is 9.71. The van der Waals surface area contributed by atoms with Crippen molar-refractivity contribution >= 4 is 28.2 Å². The summed E-state index contributed by atoms with van der Waals surface area (Å²) in [6, 6.07) is 26.9. The monoisotopic (exact) mass is 466 g/mol. The SMILES string of the molecule is OC#COc1ccc(C/C(=C/Cc2ccc(I)cc2)c2ccccc2)cc1. The predicted octanol–water partition coefficient (Wildman–Crippen LogP) is 5.83. The largest absolute Gasteiger partial charge is 0.460 e. The van der Waals surface area contributed by atoms with Crippen molar-refractivity contribution < 1.29 is 9.84 Å². The summed E-state index contributed by atoms with van der Waals surface area (Å²) in [6.07, 6.45) is 7.96. The molecule has 0 radical (unpaired) electrons. The summed E-state index contributed by atoms with van der Waals surface area (Å²) in [6.45, 7) is 0. The first kappa shape index (κ1) is 19.1. The molecule has 0 bridgehead atoms. The standard InChI is InChI=1S/C24H19IO2/c25-23-12-7-19(8-13-23)6-11-22(21-4-2-1-3-5-21)18-20-9-14-24(15-10-20)27-17-16-26/h1-5,7-15,26H,6,18H2/b22-11-. The fourth-order valence-corrected chi connectivity index (χ4v) is 3.14. The molecular formula is C24H19IO2. The summed E-state index contributed by atoms with van der Waals surface area (Å²) >= 11 is 2.33. The van der Waals surface area contributed by atoms with Crippen LogP contribution in [0.2, 0.25) is 0 Å². The molecule has 0 aliphatic heterocycles. The van der Waals surface area contributed by atoms with Crippen molar-refractivity contribution in [3.8, 4) is 18.0 Å². The minimum absolute atomic E-state index is 0.615. The van der Waals surface area contributed by atoms with Crippen molar-refractivity contribution in [1.29, 1.82) is 0 Å². The first-order chi connectivity index (χ1) is 13.2. The number of rotatable bonds is 6. The Morgan fingerprint density at radius 3 is 2.22 bits per heavy atom. The molecule has 0 aliphatic rings. The summed E-state index contributed by atoms with van der Waals surface area (Å²) < 4.78 is 6.34. The summed E-state index contributed by atoms with van der Waals surface area (Å²) in [4.78, 5) is 0. The van der Waals surface area contributed by atoms with Gasteiger partial charge in [0.15, 0.2) is 12.2 Å². The Kier molecular flexibility index (Phi) is 6.95. The van der Waals surface area contributed by atoms with Gasteiger partial charge in [-0.1, -0.05) is 60.7 Å². The zero-order valence-electron chi connectivity index (χ0n) is 14.7. The van der Waals surface area contributed by atoms with Crippen molar-refractivity contribution in [2.75, 3.05) is 0 Å². The smallest absolute Gasteiger partial charge is 0.160 e. The third kappa shape index (κ3) is 5.90. The topological polar surface area (TPSA) is 29.5 Å². The summed E-state index contributed by atoms with van der Waals surface area (Å²) in [5.74, 6) is 0.615. The van der Waals surface area contributed by atoms with Crippen molar-refractivity contribution in [3.05, 3.63) is 105 Å². The van der Waals surface area contributed by atoms with Gasteiger partial charge in [0.05, 0.1) is 0 Å². The molecular weight excluding hydrogens is 447 g/mol. The number of hydrogen-bond donors (Lipinski definition) is 1. The van der Waals surface area contributed by atoms with Crippen LogP contribution in [0.1, 0.15) is 16.7 Å². The second-order valence-electron chi connectivity index (χ2n) is 6.06. The van der Waals surface area contributed by atoms with Gasteiger partial charge in [-0.3, -0.25) is 0 Å². The van der Waals surface area contributed by atoms with Gasteiger partial charge in [0.2, 0.25) is 0 Å². The second kappa shape index (κ2) is 9.84. The van der Waals surface area contributed by atoms with E-state index >= 15 is 0 Å². The molecule has 0 amide bonds. The number of hydrogen-bond acceptors (Lipinski definition) is 2. The minimum Gasteiger partial charge on any atom is -0.460 e. The maximum absolute atomic E-state index is 8.50. The molecule has 27 heavy (non-hydrogen) atoms. The summed E-state index contributed by atoms with van der Waals surface area (Å²) in [5.41, 5.74) is 5.01. The van der Waals surface area contributed by atoms with E-state index in [1.807, 2.05) is 30.3 Å². The Morgan fingerprint density at radius 2 is 1.56 bits per heavy atom. The van der Waals surface area contributed by atoms with Gasteiger partial charge in [-0.15, -0.1) is 0 Å². The molecule has 0 atom stereocenters. The molecule has 3 aromatic rings. The summed E-state index contributed by atoms with van der Waals surface area (Å²) in [5, 5.41) is 8.50. The molecule has 0 unspecified atom stereocenters. The average molecular weight is 466 g/mol. The van der Waals surface area contributed by atoms with Crippen LogP contribution in [0.15, 0.2) is 84.9 Å². The highest BCUT2D eigenvalue weighted by atomic mass is 127. The first-order valence-electron chi connectivity index (χ1n) is 8.63. The normalized spacial score (nSPS) is 10.8. The number of ether oxygens (including phenoxy) is 1. The molecule has 1 N–H and O–H groups in total. The predicted molar refractivity (Wildman–Crippen MR) is 118 cm³/mol. The van der Waals surface area contributed by atoms with Gasteiger partial charge in [0, 0.05) is 3.57 Å². The van der Waals surface area contributed by atoms with Gasteiger partial charge in [-0.25, -0.2) is 0 Å². The van der Waals surface area contributed by atoms with E-state index in [0.717, 1.165) is 12.8 Å².